The first kappa shape index (κ1) is 12.6. The summed E-state index contributed by atoms with van der Waals surface area (Å²) in [6, 6.07) is 4.43. The number of anilines is 1. The minimum Gasteiger partial charge on any atom is -0.380 e. The number of amides is 1. The third-order valence-corrected chi connectivity index (χ3v) is 3.93. The van der Waals surface area contributed by atoms with Gasteiger partial charge in [0, 0.05) is 25.9 Å². The van der Waals surface area contributed by atoms with E-state index in [1.165, 1.54) is 12.1 Å². The lowest BCUT2D eigenvalue weighted by Crippen LogP contribution is -2.43. The molecule has 1 aromatic rings. The lowest BCUT2D eigenvalue weighted by Gasteiger charge is -2.21. The van der Waals surface area contributed by atoms with Gasteiger partial charge in [-0.25, -0.2) is 4.39 Å². The molecule has 0 saturated carbocycles. The molecule has 0 aliphatic carbocycles. The van der Waals surface area contributed by atoms with Gasteiger partial charge in [-0.15, -0.1) is 0 Å². The number of nitrogens with one attached hydrogen (secondary N) is 1. The summed E-state index contributed by atoms with van der Waals surface area (Å²) in [4.78, 5) is 14.2. The molecule has 19 heavy (non-hydrogen) atoms. The van der Waals surface area contributed by atoms with E-state index in [4.69, 9.17) is 4.74 Å². The fourth-order valence-electron chi connectivity index (χ4n) is 2.84. The van der Waals surface area contributed by atoms with Crippen LogP contribution in [0.4, 0.5) is 10.1 Å². The maximum atomic E-state index is 13.3. The number of fused-ring (bicyclic) bond motifs is 1. The number of nitrogens with zero attached hydrogens (tertiary/aromatic N) is 1. The van der Waals surface area contributed by atoms with Crippen molar-refractivity contribution < 1.29 is 13.9 Å². The van der Waals surface area contributed by atoms with Crippen LogP contribution in [0.2, 0.25) is 0 Å². The highest BCUT2D eigenvalue weighted by Crippen LogP contribution is 2.30. The fraction of sp³-hybridized carbons (Fsp3) is 0.500. The van der Waals surface area contributed by atoms with E-state index in [0.29, 0.717) is 25.2 Å². The van der Waals surface area contributed by atoms with E-state index in [-0.39, 0.29) is 23.9 Å². The molecule has 4 nitrogen and oxygen atoms in total. The van der Waals surface area contributed by atoms with Crippen LogP contribution in [0.25, 0.3) is 0 Å². The minimum absolute atomic E-state index is 0.0175. The molecule has 0 bridgehead atoms. The van der Waals surface area contributed by atoms with Crippen molar-refractivity contribution in [2.75, 3.05) is 25.1 Å². The summed E-state index contributed by atoms with van der Waals surface area (Å²) in [6.07, 6.45) is 1.56. The Morgan fingerprint density at radius 2 is 2.37 bits per heavy atom. The molecule has 3 rings (SSSR count). The van der Waals surface area contributed by atoms with Crippen LogP contribution in [0.15, 0.2) is 18.2 Å². The van der Waals surface area contributed by atoms with Crippen LogP contribution in [-0.2, 0) is 16.0 Å². The summed E-state index contributed by atoms with van der Waals surface area (Å²) in [5.41, 5.74) is 1.75. The largest absolute Gasteiger partial charge is 0.380 e. The Hall–Kier alpha value is -1.46. The number of carbonyl (C=O) groups is 1. The Morgan fingerprint density at radius 3 is 3.11 bits per heavy atom. The standard InChI is InChI=1S/C14H17FN2O2/c1-19-11-7-12(16-8-11)14(18)17-5-4-9-2-3-10(15)6-13(9)17/h2-3,6,11-12,16H,4-5,7-8H2,1H3. The van der Waals surface area contributed by atoms with Crippen LogP contribution in [0, 0.1) is 5.82 Å². The fourth-order valence-corrected chi connectivity index (χ4v) is 2.84. The lowest BCUT2D eigenvalue weighted by atomic mass is 10.1. The van der Waals surface area contributed by atoms with Crippen molar-refractivity contribution in [2.24, 2.45) is 0 Å². The average Bonchev–Trinajstić information content (AvgIpc) is 3.04. The van der Waals surface area contributed by atoms with Gasteiger partial charge >= 0.3 is 0 Å². The average molecular weight is 264 g/mol. The van der Waals surface area contributed by atoms with Gasteiger partial charge in [-0.3, -0.25) is 4.79 Å². The third-order valence-electron chi connectivity index (χ3n) is 3.93. The molecule has 1 amide bonds. The molecule has 102 valence electrons. The third kappa shape index (κ3) is 2.24. The Labute approximate surface area is 111 Å². The normalized spacial score (nSPS) is 25.7. The second-order valence-corrected chi connectivity index (χ2v) is 5.07. The van der Waals surface area contributed by atoms with Gasteiger partial charge in [-0.05, 0) is 30.5 Å². The lowest BCUT2D eigenvalue weighted by molar-refractivity contribution is -0.120. The van der Waals surface area contributed by atoms with Gasteiger partial charge in [0.25, 0.3) is 0 Å². The molecule has 0 aromatic heterocycles. The smallest absolute Gasteiger partial charge is 0.244 e. The van der Waals surface area contributed by atoms with Crippen molar-refractivity contribution in [3.63, 3.8) is 0 Å². The van der Waals surface area contributed by atoms with Crippen LogP contribution in [0.1, 0.15) is 12.0 Å². The number of hydrogen-bond acceptors (Lipinski definition) is 3. The zero-order valence-corrected chi connectivity index (χ0v) is 10.9. The first-order valence-electron chi connectivity index (χ1n) is 6.55. The number of benzene rings is 1. The van der Waals surface area contributed by atoms with Crippen LogP contribution >= 0.6 is 0 Å². The van der Waals surface area contributed by atoms with Crippen LogP contribution in [0.3, 0.4) is 0 Å². The Kier molecular flexibility index (Phi) is 3.24. The van der Waals surface area contributed by atoms with E-state index in [1.807, 2.05) is 0 Å². The molecule has 2 aliphatic rings. The number of rotatable bonds is 2. The van der Waals surface area contributed by atoms with Gasteiger partial charge in [0.2, 0.25) is 5.91 Å². The highest BCUT2D eigenvalue weighted by molar-refractivity contribution is 5.99. The predicted molar refractivity (Wildman–Crippen MR) is 69.7 cm³/mol. The molecule has 2 aliphatic heterocycles. The first-order chi connectivity index (χ1) is 9.19. The number of ether oxygens (including phenoxy) is 1. The molecule has 0 radical (unpaired) electrons. The van der Waals surface area contributed by atoms with Crippen molar-refractivity contribution >= 4 is 11.6 Å². The molecule has 1 N–H and O–H groups in total. The number of methoxy groups -OCH3 is 1. The van der Waals surface area contributed by atoms with Gasteiger partial charge in [0.1, 0.15) is 5.82 Å². The van der Waals surface area contributed by atoms with Crippen molar-refractivity contribution in [2.45, 2.75) is 25.0 Å². The second-order valence-electron chi connectivity index (χ2n) is 5.07. The molecule has 1 aromatic carbocycles. The first-order valence-corrected chi connectivity index (χ1v) is 6.55. The maximum Gasteiger partial charge on any atom is 0.244 e. The summed E-state index contributed by atoms with van der Waals surface area (Å²) < 4.78 is 18.6. The number of carbonyl (C=O) groups excluding carboxylic acids is 1. The maximum absolute atomic E-state index is 13.3. The molecule has 1 saturated heterocycles. The van der Waals surface area contributed by atoms with Crippen LogP contribution < -0.4 is 10.2 Å². The molecule has 2 heterocycles. The molecule has 5 heteroatoms. The second kappa shape index (κ2) is 4.90. The topological polar surface area (TPSA) is 41.6 Å². The van der Waals surface area contributed by atoms with E-state index in [9.17, 15) is 9.18 Å². The van der Waals surface area contributed by atoms with E-state index >= 15 is 0 Å². The van der Waals surface area contributed by atoms with Gasteiger partial charge in [-0.2, -0.15) is 0 Å². The van der Waals surface area contributed by atoms with Crippen LogP contribution in [0.5, 0.6) is 0 Å². The quantitative estimate of drug-likeness (QED) is 0.869. The summed E-state index contributed by atoms with van der Waals surface area (Å²) in [5, 5.41) is 3.17. The molecule has 1 fully saturated rings. The van der Waals surface area contributed by atoms with Gasteiger partial charge in [-0.1, -0.05) is 6.07 Å². The number of hydrogen-bond donors (Lipinski definition) is 1. The summed E-state index contributed by atoms with van der Waals surface area (Å²) in [5.74, 6) is -0.281. The molecular formula is C14H17FN2O2. The van der Waals surface area contributed by atoms with Crippen molar-refractivity contribution in [3.05, 3.63) is 29.6 Å². The van der Waals surface area contributed by atoms with Gasteiger partial charge in [0.05, 0.1) is 12.1 Å². The highest BCUT2D eigenvalue weighted by atomic mass is 19.1. The summed E-state index contributed by atoms with van der Waals surface area (Å²) in [7, 11) is 1.65. The SMILES string of the molecule is COC1CNC(C(=O)N2CCc3ccc(F)cc32)C1. The van der Waals surface area contributed by atoms with E-state index in [1.54, 1.807) is 18.1 Å². The summed E-state index contributed by atoms with van der Waals surface area (Å²) >= 11 is 0. The zero-order chi connectivity index (χ0) is 13.4. The van der Waals surface area contributed by atoms with E-state index < -0.39 is 0 Å². The number of halogens is 1. The van der Waals surface area contributed by atoms with E-state index in [0.717, 1.165) is 12.0 Å². The minimum atomic E-state index is -0.299. The Morgan fingerprint density at radius 1 is 1.53 bits per heavy atom. The van der Waals surface area contributed by atoms with Crippen LogP contribution in [-0.4, -0.2) is 38.3 Å². The summed E-state index contributed by atoms with van der Waals surface area (Å²) in [6.45, 7) is 1.32. The Bertz CT molecular complexity index is 506. The highest BCUT2D eigenvalue weighted by Gasteiger charge is 2.35. The predicted octanol–water partition coefficient (Wildman–Crippen LogP) is 1.09. The van der Waals surface area contributed by atoms with Gasteiger partial charge < -0.3 is 15.0 Å². The van der Waals surface area contributed by atoms with E-state index in [2.05, 4.69) is 5.32 Å². The van der Waals surface area contributed by atoms with Crippen molar-refractivity contribution in [1.82, 2.24) is 5.32 Å². The zero-order valence-electron chi connectivity index (χ0n) is 10.9. The molecular weight excluding hydrogens is 247 g/mol. The Balaban J connectivity index is 1.78. The van der Waals surface area contributed by atoms with Crippen molar-refractivity contribution in [1.29, 1.82) is 0 Å². The van der Waals surface area contributed by atoms with Crippen molar-refractivity contribution in [3.8, 4) is 0 Å². The molecule has 0 spiro atoms. The monoisotopic (exact) mass is 264 g/mol. The van der Waals surface area contributed by atoms with Gasteiger partial charge in [0.15, 0.2) is 0 Å². The molecule has 2 atom stereocenters. The molecule has 2 unspecified atom stereocenters.